The number of carbonyl (C=O) groups excluding carboxylic acids is 1. The number of hydrogen-bond acceptors (Lipinski definition) is 4. The summed E-state index contributed by atoms with van der Waals surface area (Å²) in [7, 11) is 0. The van der Waals surface area contributed by atoms with Crippen molar-refractivity contribution in [3.8, 4) is 11.3 Å². The lowest BCUT2D eigenvalue weighted by atomic mass is 10.0. The normalized spacial score (nSPS) is 12.3. The summed E-state index contributed by atoms with van der Waals surface area (Å²) in [5, 5.41) is 16.3. The maximum Gasteiger partial charge on any atom is 0.256 e. The first-order chi connectivity index (χ1) is 11.5. The van der Waals surface area contributed by atoms with Crippen LogP contribution in [0, 0.1) is 13.8 Å². The van der Waals surface area contributed by atoms with Crippen LogP contribution >= 0.6 is 0 Å². The molecule has 0 saturated carbocycles. The second-order valence-electron chi connectivity index (χ2n) is 5.98. The van der Waals surface area contributed by atoms with Gasteiger partial charge in [0, 0.05) is 18.3 Å². The zero-order chi connectivity index (χ0) is 17.3. The molecule has 0 aliphatic heterocycles. The van der Waals surface area contributed by atoms with Crippen LogP contribution in [0.3, 0.4) is 0 Å². The van der Waals surface area contributed by atoms with Crippen LogP contribution < -0.4 is 5.32 Å². The van der Waals surface area contributed by atoms with E-state index in [4.69, 9.17) is 0 Å². The van der Waals surface area contributed by atoms with Crippen molar-refractivity contribution < 1.29 is 9.90 Å². The molecule has 6 heteroatoms. The number of carbonyl (C=O) groups is 1. The van der Waals surface area contributed by atoms with Gasteiger partial charge in [-0.2, -0.15) is 5.10 Å². The molecule has 3 aromatic rings. The summed E-state index contributed by atoms with van der Waals surface area (Å²) in [6, 6.07) is 8.07. The summed E-state index contributed by atoms with van der Waals surface area (Å²) in [6.45, 7) is 5.94. The lowest BCUT2D eigenvalue weighted by Gasteiger charge is -2.08. The van der Waals surface area contributed by atoms with E-state index in [0.29, 0.717) is 11.2 Å². The van der Waals surface area contributed by atoms with Crippen molar-refractivity contribution in [3.05, 3.63) is 53.3 Å². The Labute approximate surface area is 140 Å². The van der Waals surface area contributed by atoms with Crippen LogP contribution in [0.5, 0.6) is 0 Å². The lowest BCUT2D eigenvalue weighted by molar-refractivity contribution is 0.0925. The van der Waals surface area contributed by atoms with E-state index < -0.39 is 6.10 Å². The average Bonchev–Trinajstić information content (AvgIpc) is 2.99. The Hall–Kier alpha value is -2.73. The molecular weight excluding hydrogens is 304 g/mol. The number of amides is 1. The summed E-state index contributed by atoms with van der Waals surface area (Å²) in [5.41, 5.74) is 5.19. The highest BCUT2D eigenvalue weighted by atomic mass is 16.3. The first kappa shape index (κ1) is 16.1. The molecule has 24 heavy (non-hydrogen) atoms. The van der Waals surface area contributed by atoms with Crippen LogP contribution in [0.4, 0.5) is 0 Å². The summed E-state index contributed by atoms with van der Waals surface area (Å²) < 4.78 is 1.67. The van der Waals surface area contributed by atoms with Gasteiger partial charge in [0.15, 0.2) is 5.65 Å². The van der Waals surface area contributed by atoms with E-state index in [0.717, 1.165) is 11.3 Å². The SMILES string of the molecule is Cc1ccc(-c2ccnc3c(C(=O)NC[C@@H](C)O)cnn23)cc1C. The third-order valence-electron chi connectivity index (χ3n) is 4.01. The molecular formula is C18H20N4O2. The maximum absolute atomic E-state index is 12.3. The third kappa shape index (κ3) is 3.00. The van der Waals surface area contributed by atoms with E-state index in [-0.39, 0.29) is 12.5 Å². The molecule has 0 aliphatic rings. The Morgan fingerprint density at radius 1 is 1.29 bits per heavy atom. The first-order valence-corrected chi connectivity index (χ1v) is 7.84. The number of nitrogens with one attached hydrogen (secondary N) is 1. The van der Waals surface area contributed by atoms with Crippen molar-refractivity contribution in [2.45, 2.75) is 26.9 Å². The maximum atomic E-state index is 12.3. The number of fused-ring (bicyclic) bond motifs is 1. The fourth-order valence-corrected chi connectivity index (χ4v) is 2.51. The number of benzene rings is 1. The van der Waals surface area contributed by atoms with E-state index in [1.54, 1.807) is 17.6 Å². The Morgan fingerprint density at radius 3 is 2.79 bits per heavy atom. The van der Waals surface area contributed by atoms with Crippen LogP contribution in [0.25, 0.3) is 16.9 Å². The van der Waals surface area contributed by atoms with Crippen molar-refractivity contribution in [2.24, 2.45) is 0 Å². The summed E-state index contributed by atoms with van der Waals surface area (Å²) in [6.07, 6.45) is 2.58. The number of hydrogen-bond donors (Lipinski definition) is 2. The number of aliphatic hydroxyl groups is 1. The van der Waals surface area contributed by atoms with Crippen LogP contribution in [-0.2, 0) is 0 Å². The number of rotatable bonds is 4. The first-order valence-electron chi connectivity index (χ1n) is 7.84. The number of aryl methyl sites for hydroxylation is 2. The molecule has 0 radical (unpaired) electrons. The molecule has 2 aromatic heterocycles. The Kier molecular flexibility index (Phi) is 4.31. The second kappa shape index (κ2) is 6.41. The number of nitrogens with zero attached hydrogens (tertiary/aromatic N) is 3. The van der Waals surface area contributed by atoms with Crippen molar-refractivity contribution >= 4 is 11.6 Å². The van der Waals surface area contributed by atoms with Crippen molar-refractivity contribution in [3.63, 3.8) is 0 Å². The molecule has 3 rings (SSSR count). The van der Waals surface area contributed by atoms with Gasteiger partial charge in [-0.3, -0.25) is 4.79 Å². The van der Waals surface area contributed by atoms with Gasteiger partial charge in [-0.15, -0.1) is 0 Å². The minimum Gasteiger partial charge on any atom is -0.392 e. The van der Waals surface area contributed by atoms with Crippen LogP contribution in [0.2, 0.25) is 0 Å². The van der Waals surface area contributed by atoms with Gasteiger partial charge in [-0.05, 0) is 44.0 Å². The second-order valence-corrected chi connectivity index (χ2v) is 5.98. The average molecular weight is 324 g/mol. The molecule has 1 atom stereocenters. The van der Waals surface area contributed by atoms with Gasteiger partial charge in [0.25, 0.3) is 5.91 Å². The molecule has 0 bridgehead atoms. The molecule has 1 amide bonds. The summed E-state index contributed by atoms with van der Waals surface area (Å²) in [5.74, 6) is -0.296. The van der Waals surface area contributed by atoms with E-state index in [9.17, 15) is 9.90 Å². The van der Waals surface area contributed by atoms with Gasteiger partial charge < -0.3 is 10.4 Å². The molecule has 0 spiro atoms. The molecule has 0 saturated heterocycles. The van der Waals surface area contributed by atoms with Gasteiger partial charge in [-0.25, -0.2) is 9.50 Å². The quantitative estimate of drug-likeness (QED) is 0.770. The van der Waals surface area contributed by atoms with E-state index in [2.05, 4.69) is 41.4 Å². The van der Waals surface area contributed by atoms with Crippen LogP contribution in [0.15, 0.2) is 36.7 Å². The summed E-state index contributed by atoms with van der Waals surface area (Å²) >= 11 is 0. The molecule has 2 N–H and O–H groups in total. The Balaban J connectivity index is 2.03. The molecule has 0 aliphatic carbocycles. The largest absolute Gasteiger partial charge is 0.392 e. The standard InChI is InChI=1S/C18H20N4O2/c1-11-4-5-14(8-12(11)2)16-6-7-19-17-15(10-21-22(16)17)18(24)20-9-13(3)23/h4-8,10,13,23H,9H2,1-3H3,(H,20,24)/t13-/m1/s1. The smallest absolute Gasteiger partial charge is 0.256 e. The molecule has 2 heterocycles. The van der Waals surface area contributed by atoms with E-state index in [1.807, 2.05) is 12.1 Å². The fraction of sp³-hybridized carbons (Fsp3) is 0.278. The fourth-order valence-electron chi connectivity index (χ4n) is 2.51. The monoisotopic (exact) mass is 324 g/mol. The highest BCUT2D eigenvalue weighted by Crippen LogP contribution is 2.23. The Bertz CT molecular complexity index is 899. The molecule has 0 fully saturated rings. The van der Waals surface area contributed by atoms with Gasteiger partial charge in [0.2, 0.25) is 0 Å². The number of aromatic nitrogens is 3. The van der Waals surface area contributed by atoms with Gasteiger partial charge in [0.05, 0.1) is 18.0 Å². The predicted octanol–water partition coefficient (Wildman–Crippen LogP) is 2.12. The zero-order valence-electron chi connectivity index (χ0n) is 13.9. The van der Waals surface area contributed by atoms with Crippen molar-refractivity contribution in [2.75, 3.05) is 6.54 Å². The van der Waals surface area contributed by atoms with Gasteiger partial charge in [-0.1, -0.05) is 12.1 Å². The minimum absolute atomic E-state index is 0.188. The van der Waals surface area contributed by atoms with Gasteiger partial charge in [0.1, 0.15) is 5.56 Å². The number of aliphatic hydroxyl groups excluding tert-OH is 1. The lowest BCUT2D eigenvalue weighted by Crippen LogP contribution is -2.30. The molecule has 6 nitrogen and oxygen atoms in total. The molecule has 1 aromatic carbocycles. The van der Waals surface area contributed by atoms with E-state index >= 15 is 0 Å². The molecule has 124 valence electrons. The topological polar surface area (TPSA) is 79.5 Å². The highest BCUT2D eigenvalue weighted by Gasteiger charge is 2.16. The molecule has 0 unspecified atom stereocenters. The van der Waals surface area contributed by atoms with Gasteiger partial charge >= 0.3 is 0 Å². The van der Waals surface area contributed by atoms with Crippen molar-refractivity contribution in [1.82, 2.24) is 19.9 Å². The van der Waals surface area contributed by atoms with Crippen molar-refractivity contribution in [1.29, 1.82) is 0 Å². The Morgan fingerprint density at radius 2 is 2.08 bits per heavy atom. The predicted molar refractivity (Wildman–Crippen MR) is 91.9 cm³/mol. The summed E-state index contributed by atoms with van der Waals surface area (Å²) in [4.78, 5) is 16.5. The minimum atomic E-state index is -0.602. The van der Waals surface area contributed by atoms with Crippen LogP contribution in [-0.4, -0.2) is 38.3 Å². The van der Waals surface area contributed by atoms with Crippen LogP contribution in [0.1, 0.15) is 28.4 Å². The third-order valence-corrected chi connectivity index (χ3v) is 4.01. The zero-order valence-corrected chi connectivity index (χ0v) is 13.9. The highest BCUT2D eigenvalue weighted by molar-refractivity contribution is 5.99. The van der Waals surface area contributed by atoms with E-state index in [1.165, 1.54) is 17.3 Å².